The van der Waals surface area contributed by atoms with E-state index in [4.69, 9.17) is 0 Å². The van der Waals surface area contributed by atoms with Crippen LogP contribution in [0.3, 0.4) is 0 Å². The lowest BCUT2D eigenvalue weighted by Crippen LogP contribution is -2.23. The topological polar surface area (TPSA) is 87.2 Å². The van der Waals surface area contributed by atoms with Gasteiger partial charge in [-0.3, -0.25) is 14.7 Å². The number of carbonyl (C=O) groups is 2. The van der Waals surface area contributed by atoms with Crippen LogP contribution in [-0.4, -0.2) is 27.6 Å². The predicted octanol–water partition coefficient (Wildman–Crippen LogP) is -1.19. The number of ketones is 1. The Morgan fingerprint density at radius 2 is 2.17 bits per heavy atom. The number of nitrogens with zero attached hydrogens (tertiary/aromatic N) is 2. The van der Waals surface area contributed by atoms with E-state index in [1.54, 1.807) is 6.07 Å². The van der Waals surface area contributed by atoms with Gasteiger partial charge in [-0.1, -0.05) is 0 Å². The summed E-state index contributed by atoms with van der Waals surface area (Å²) in [6.45, 7) is 0. The minimum atomic E-state index is -0.709. The summed E-state index contributed by atoms with van der Waals surface area (Å²) in [5, 5.41) is 9.70. The van der Waals surface area contributed by atoms with E-state index in [9.17, 15) is 9.59 Å². The number of hydrazone groups is 1. The van der Waals surface area contributed by atoms with Crippen LogP contribution in [-0.2, 0) is 9.59 Å². The minimum absolute atomic E-state index is 0.0810. The maximum atomic E-state index is 11.0. The number of amides is 1. The van der Waals surface area contributed by atoms with Crippen molar-refractivity contribution < 1.29 is 9.59 Å². The molecular weight excluding hydrogens is 160 g/mol. The number of aromatic amines is 1. The summed E-state index contributed by atoms with van der Waals surface area (Å²) < 4.78 is 0. The first-order valence-electron chi connectivity index (χ1n) is 3.21. The van der Waals surface area contributed by atoms with Crippen LogP contribution >= 0.6 is 0 Å². The van der Waals surface area contributed by atoms with E-state index in [1.165, 1.54) is 6.20 Å². The quantitative estimate of drug-likeness (QED) is 0.512. The Labute approximate surface area is 66.7 Å². The third-order valence-corrected chi connectivity index (χ3v) is 1.45. The van der Waals surface area contributed by atoms with Gasteiger partial charge in [0.2, 0.25) is 0 Å². The fourth-order valence-electron chi connectivity index (χ4n) is 0.886. The molecule has 6 nitrogen and oxygen atoms in total. The van der Waals surface area contributed by atoms with Crippen molar-refractivity contribution in [1.29, 1.82) is 0 Å². The summed E-state index contributed by atoms with van der Waals surface area (Å²) in [5.74, 6) is -1.35. The van der Waals surface area contributed by atoms with E-state index in [0.717, 1.165) is 0 Å². The van der Waals surface area contributed by atoms with Crippen molar-refractivity contribution in [3.8, 4) is 0 Å². The van der Waals surface area contributed by atoms with Gasteiger partial charge in [-0.05, 0) is 6.07 Å². The van der Waals surface area contributed by atoms with Gasteiger partial charge < -0.3 is 0 Å². The van der Waals surface area contributed by atoms with Crippen molar-refractivity contribution in [2.24, 2.45) is 5.10 Å². The molecule has 0 bridgehead atoms. The third-order valence-electron chi connectivity index (χ3n) is 1.45. The van der Waals surface area contributed by atoms with Gasteiger partial charge in [0.25, 0.3) is 5.78 Å². The molecule has 0 atom stereocenters. The molecule has 0 unspecified atom stereocenters. The van der Waals surface area contributed by atoms with Crippen LogP contribution in [0.1, 0.15) is 5.69 Å². The first-order valence-corrected chi connectivity index (χ1v) is 3.21. The molecule has 1 aliphatic heterocycles. The fourth-order valence-corrected chi connectivity index (χ4v) is 0.886. The molecule has 6 heteroatoms. The van der Waals surface area contributed by atoms with Crippen molar-refractivity contribution >= 4 is 17.4 Å². The molecule has 2 rings (SSSR count). The number of aromatic nitrogens is 2. The Morgan fingerprint density at radius 3 is 2.67 bits per heavy atom. The molecule has 0 radical (unpaired) electrons. The highest BCUT2D eigenvalue weighted by Gasteiger charge is 2.28. The summed E-state index contributed by atoms with van der Waals surface area (Å²) in [7, 11) is 0. The first kappa shape index (κ1) is 6.71. The lowest BCUT2D eigenvalue weighted by atomic mass is 10.2. The molecule has 1 amide bonds. The molecule has 0 spiro atoms. The van der Waals surface area contributed by atoms with Crippen LogP contribution in [0.25, 0.3) is 0 Å². The normalized spacial score (nSPS) is 16.2. The maximum absolute atomic E-state index is 11.0. The number of H-pyrrole nitrogens is 1. The Balaban J connectivity index is 2.39. The zero-order chi connectivity index (χ0) is 8.55. The molecule has 0 aromatic carbocycles. The van der Waals surface area contributed by atoms with E-state index >= 15 is 0 Å². The van der Waals surface area contributed by atoms with Crippen LogP contribution in [0.15, 0.2) is 17.4 Å². The van der Waals surface area contributed by atoms with Crippen LogP contribution in [0, 0.1) is 0 Å². The Hall–Kier alpha value is -1.98. The molecule has 0 saturated heterocycles. The van der Waals surface area contributed by atoms with Crippen LogP contribution in [0.4, 0.5) is 0 Å². The molecule has 1 aromatic rings. The number of nitrogens with one attached hydrogen (secondary N) is 2. The number of hydrogen-bond donors (Lipinski definition) is 2. The summed E-state index contributed by atoms with van der Waals surface area (Å²) >= 11 is 0. The molecule has 0 aliphatic carbocycles. The van der Waals surface area contributed by atoms with Crippen LogP contribution in [0.2, 0.25) is 0 Å². The van der Waals surface area contributed by atoms with Gasteiger partial charge >= 0.3 is 5.91 Å². The fraction of sp³-hybridized carbons (Fsp3) is 0. The molecule has 1 aromatic heterocycles. The largest absolute Gasteiger partial charge is 0.314 e. The standard InChI is InChI=1S/C6H4N4O2/c11-5-4(9-10-6(5)12)3-1-2-7-8-3/h1-2H,(H,7,8)(H,10,11,12). The van der Waals surface area contributed by atoms with Crippen molar-refractivity contribution in [3.63, 3.8) is 0 Å². The second-order valence-corrected chi connectivity index (χ2v) is 2.20. The Morgan fingerprint density at radius 1 is 1.33 bits per heavy atom. The van der Waals surface area contributed by atoms with Gasteiger partial charge in [0.15, 0.2) is 5.71 Å². The molecule has 2 N–H and O–H groups in total. The van der Waals surface area contributed by atoms with E-state index in [1.807, 2.05) is 0 Å². The smallest absolute Gasteiger partial charge is 0.281 e. The zero-order valence-corrected chi connectivity index (χ0v) is 5.87. The SMILES string of the molecule is O=C1NN=C(c2ccn[nH]2)C1=O. The van der Waals surface area contributed by atoms with Gasteiger partial charge in [-0.25, -0.2) is 5.43 Å². The van der Waals surface area contributed by atoms with E-state index < -0.39 is 11.7 Å². The highest BCUT2D eigenvalue weighted by atomic mass is 16.2. The third kappa shape index (κ3) is 0.815. The van der Waals surface area contributed by atoms with Crippen LogP contribution < -0.4 is 5.43 Å². The number of rotatable bonds is 1. The number of Topliss-reactive ketones (excluding diaryl/α,β-unsaturated/α-hetero) is 1. The molecule has 1 aliphatic rings. The minimum Gasteiger partial charge on any atom is -0.281 e. The zero-order valence-electron chi connectivity index (χ0n) is 5.87. The highest BCUT2D eigenvalue weighted by Crippen LogP contribution is 2.00. The molecule has 12 heavy (non-hydrogen) atoms. The summed E-state index contributed by atoms with van der Waals surface area (Å²) in [6, 6.07) is 1.57. The van der Waals surface area contributed by atoms with E-state index in [-0.39, 0.29) is 5.71 Å². The van der Waals surface area contributed by atoms with Gasteiger partial charge in [0, 0.05) is 6.20 Å². The van der Waals surface area contributed by atoms with Crippen molar-refractivity contribution in [2.75, 3.05) is 0 Å². The average Bonchev–Trinajstić information content (AvgIpc) is 2.64. The van der Waals surface area contributed by atoms with Crippen molar-refractivity contribution in [3.05, 3.63) is 18.0 Å². The molecule has 0 fully saturated rings. The van der Waals surface area contributed by atoms with Crippen molar-refractivity contribution in [1.82, 2.24) is 15.6 Å². The van der Waals surface area contributed by atoms with Crippen molar-refractivity contribution in [2.45, 2.75) is 0 Å². The summed E-state index contributed by atoms with van der Waals surface area (Å²) in [6.07, 6.45) is 1.48. The Bertz CT molecular complexity index is 365. The Kier molecular flexibility index (Phi) is 1.26. The number of hydrogen-bond acceptors (Lipinski definition) is 4. The van der Waals surface area contributed by atoms with E-state index in [0.29, 0.717) is 5.69 Å². The average molecular weight is 164 g/mol. The first-order chi connectivity index (χ1) is 5.79. The second-order valence-electron chi connectivity index (χ2n) is 2.20. The molecule has 2 heterocycles. The lowest BCUT2D eigenvalue weighted by Gasteiger charge is -1.87. The number of carbonyl (C=O) groups excluding carboxylic acids is 2. The van der Waals surface area contributed by atoms with E-state index in [2.05, 4.69) is 20.7 Å². The van der Waals surface area contributed by atoms with Crippen LogP contribution in [0.5, 0.6) is 0 Å². The van der Waals surface area contributed by atoms with Gasteiger partial charge in [0.05, 0.1) is 5.69 Å². The summed E-state index contributed by atoms with van der Waals surface area (Å²) in [4.78, 5) is 21.7. The summed E-state index contributed by atoms with van der Waals surface area (Å²) in [5.41, 5.74) is 2.58. The molecule has 0 saturated carbocycles. The molecule has 60 valence electrons. The maximum Gasteiger partial charge on any atom is 0.314 e. The monoisotopic (exact) mass is 164 g/mol. The lowest BCUT2D eigenvalue weighted by molar-refractivity contribution is -0.133. The molecular formula is C6H4N4O2. The second kappa shape index (κ2) is 2.26. The highest BCUT2D eigenvalue weighted by molar-refractivity contribution is 6.69. The van der Waals surface area contributed by atoms with Gasteiger partial charge in [0.1, 0.15) is 0 Å². The van der Waals surface area contributed by atoms with Gasteiger partial charge in [-0.2, -0.15) is 10.2 Å². The van der Waals surface area contributed by atoms with Gasteiger partial charge in [-0.15, -0.1) is 0 Å². The predicted molar refractivity (Wildman–Crippen MR) is 38.3 cm³/mol.